The lowest BCUT2D eigenvalue weighted by molar-refractivity contribution is 0.0713. The number of aromatic nitrogens is 1. The van der Waals surface area contributed by atoms with E-state index in [1.807, 2.05) is 29.2 Å². The molecule has 2 heterocycles. The number of benzene rings is 2. The zero-order chi connectivity index (χ0) is 18.8. The predicted octanol–water partition coefficient (Wildman–Crippen LogP) is 4.63. The van der Waals surface area contributed by atoms with Crippen molar-refractivity contribution in [3.05, 3.63) is 70.9 Å². The number of nitrogens with zero attached hydrogens (tertiary/aromatic N) is 1. The first-order chi connectivity index (χ1) is 13.2. The van der Waals surface area contributed by atoms with E-state index in [-0.39, 0.29) is 18.3 Å². The molecule has 3 aromatic rings. The highest BCUT2D eigenvalue weighted by Crippen LogP contribution is 2.34. The Morgan fingerprint density at radius 3 is 2.50 bits per heavy atom. The first-order valence-electron chi connectivity index (χ1n) is 9.88. The number of carbonyl (C=O) groups is 1. The molecule has 148 valence electrons. The molecule has 0 atom stereocenters. The predicted molar refractivity (Wildman–Crippen MR) is 117 cm³/mol. The largest absolute Gasteiger partial charge is 0.361 e. The van der Waals surface area contributed by atoms with Crippen molar-refractivity contribution in [3.8, 4) is 0 Å². The number of nitrogens with one attached hydrogen (secondary N) is 1. The highest BCUT2D eigenvalue weighted by molar-refractivity contribution is 5.94. The van der Waals surface area contributed by atoms with Crippen LogP contribution in [-0.4, -0.2) is 28.9 Å². The number of likely N-dealkylation sites (tertiary alicyclic amines) is 1. The van der Waals surface area contributed by atoms with E-state index in [0.29, 0.717) is 12.5 Å². The van der Waals surface area contributed by atoms with Gasteiger partial charge in [-0.3, -0.25) is 4.79 Å². The Kier molecular flexibility index (Phi) is 6.42. The molecule has 1 aromatic heterocycles. The van der Waals surface area contributed by atoms with Crippen molar-refractivity contribution in [2.45, 2.75) is 38.6 Å². The van der Waals surface area contributed by atoms with Crippen molar-refractivity contribution < 1.29 is 4.79 Å². The molecule has 4 rings (SSSR count). The van der Waals surface area contributed by atoms with Crippen LogP contribution in [0.5, 0.6) is 0 Å². The number of rotatable bonds is 4. The van der Waals surface area contributed by atoms with Gasteiger partial charge >= 0.3 is 0 Å². The number of piperidine rings is 1. The summed E-state index contributed by atoms with van der Waals surface area (Å²) in [5, 5.41) is 1.34. The average Bonchev–Trinajstić information content (AvgIpc) is 3.17. The lowest BCUT2D eigenvalue weighted by Gasteiger charge is -2.32. The zero-order valence-corrected chi connectivity index (χ0v) is 17.1. The van der Waals surface area contributed by atoms with E-state index >= 15 is 0 Å². The highest BCUT2D eigenvalue weighted by Gasteiger charge is 2.26. The minimum atomic E-state index is 0. The fraction of sp³-hybridized carbons (Fsp3) is 0.348. The van der Waals surface area contributed by atoms with Crippen molar-refractivity contribution in [3.63, 3.8) is 0 Å². The molecule has 0 bridgehead atoms. The molecule has 1 saturated heterocycles. The minimum Gasteiger partial charge on any atom is -0.361 e. The number of halogens is 1. The Morgan fingerprint density at radius 1 is 1.14 bits per heavy atom. The first-order valence-corrected chi connectivity index (χ1v) is 9.88. The Bertz CT molecular complexity index is 940. The smallest absolute Gasteiger partial charge is 0.253 e. The van der Waals surface area contributed by atoms with Crippen LogP contribution < -0.4 is 5.73 Å². The van der Waals surface area contributed by atoms with Gasteiger partial charge in [-0.2, -0.15) is 0 Å². The summed E-state index contributed by atoms with van der Waals surface area (Å²) in [5.41, 5.74) is 11.5. The van der Waals surface area contributed by atoms with Crippen LogP contribution in [0.25, 0.3) is 10.9 Å². The standard InChI is InChI=1S/C23H27N3O.ClH/c1-2-17-4-3-5-20-21(15-25-22(17)20)18-10-12-26(13-11-18)23(27)19-8-6-16(14-24)7-9-19;/h3-9,15,18,25H,2,10-14,24H2,1H3;1H. The Labute approximate surface area is 172 Å². The summed E-state index contributed by atoms with van der Waals surface area (Å²) in [4.78, 5) is 18.2. The summed E-state index contributed by atoms with van der Waals surface area (Å²) in [7, 11) is 0. The number of amides is 1. The van der Waals surface area contributed by atoms with E-state index in [1.54, 1.807) is 0 Å². The van der Waals surface area contributed by atoms with Crippen LogP contribution in [0.1, 0.15) is 52.7 Å². The Balaban J connectivity index is 0.00000225. The zero-order valence-electron chi connectivity index (χ0n) is 16.3. The molecule has 0 aliphatic carbocycles. The van der Waals surface area contributed by atoms with Crippen molar-refractivity contribution in [1.29, 1.82) is 0 Å². The molecule has 1 fully saturated rings. The normalized spacial score (nSPS) is 14.9. The van der Waals surface area contributed by atoms with E-state index in [4.69, 9.17) is 5.73 Å². The number of aryl methyl sites for hydroxylation is 1. The maximum absolute atomic E-state index is 12.8. The van der Waals surface area contributed by atoms with Gasteiger partial charge in [-0.05, 0) is 54.0 Å². The van der Waals surface area contributed by atoms with Crippen LogP contribution in [0, 0.1) is 0 Å². The number of carbonyl (C=O) groups excluding carboxylic acids is 1. The third-order valence-corrected chi connectivity index (χ3v) is 5.87. The fourth-order valence-corrected chi connectivity index (χ4v) is 4.23. The third kappa shape index (κ3) is 3.80. The fourth-order valence-electron chi connectivity index (χ4n) is 4.23. The van der Waals surface area contributed by atoms with E-state index < -0.39 is 0 Å². The summed E-state index contributed by atoms with van der Waals surface area (Å²) in [6.07, 6.45) is 5.23. The molecule has 0 spiro atoms. The van der Waals surface area contributed by atoms with E-state index in [0.717, 1.165) is 43.5 Å². The van der Waals surface area contributed by atoms with Crippen LogP contribution in [0.3, 0.4) is 0 Å². The van der Waals surface area contributed by atoms with Gasteiger partial charge < -0.3 is 15.6 Å². The lowest BCUT2D eigenvalue weighted by atomic mass is 9.88. The molecule has 1 aliphatic heterocycles. The number of fused-ring (bicyclic) bond motifs is 1. The van der Waals surface area contributed by atoms with Gasteiger partial charge in [-0.15, -0.1) is 12.4 Å². The second-order valence-electron chi connectivity index (χ2n) is 7.40. The van der Waals surface area contributed by atoms with Gasteiger partial charge in [-0.1, -0.05) is 37.3 Å². The highest BCUT2D eigenvalue weighted by atomic mass is 35.5. The number of aromatic amines is 1. The molecule has 0 saturated carbocycles. The third-order valence-electron chi connectivity index (χ3n) is 5.87. The molecule has 1 aliphatic rings. The number of para-hydroxylation sites is 1. The van der Waals surface area contributed by atoms with E-state index in [2.05, 4.69) is 36.3 Å². The van der Waals surface area contributed by atoms with Gasteiger partial charge in [0.2, 0.25) is 0 Å². The summed E-state index contributed by atoms with van der Waals surface area (Å²) in [5.74, 6) is 0.638. The van der Waals surface area contributed by atoms with Crippen LogP contribution >= 0.6 is 12.4 Å². The maximum Gasteiger partial charge on any atom is 0.253 e. The van der Waals surface area contributed by atoms with Crippen LogP contribution in [0.2, 0.25) is 0 Å². The molecule has 3 N–H and O–H groups in total. The number of H-pyrrole nitrogens is 1. The molecular weight excluding hydrogens is 370 g/mol. The maximum atomic E-state index is 12.8. The number of nitrogens with two attached hydrogens (primary N) is 1. The van der Waals surface area contributed by atoms with Crippen LogP contribution in [0.4, 0.5) is 0 Å². The van der Waals surface area contributed by atoms with Gasteiger partial charge in [0.05, 0.1) is 0 Å². The number of hydrogen-bond acceptors (Lipinski definition) is 2. The average molecular weight is 398 g/mol. The van der Waals surface area contributed by atoms with Crippen molar-refractivity contribution in [1.82, 2.24) is 9.88 Å². The molecule has 2 aromatic carbocycles. The summed E-state index contributed by atoms with van der Waals surface area (Å²) >= 11 is 0. The summed E-state index contributed by atoms with van der Waals surface area (Å²) < 4.78 is 0. The van der Waals surface area contributed by atoms with Crippen LogP contribution in [0.15, 0.2) is 48.7 Å². The molecule has 0 unspecified atom stereocenters. The monoisotopic (exact) mass is 397 g/mol. The molecular formula is C23H28ClN3O. The van der Waals surface area contributed by atoms with E-state index in [9.17, 15) is 4.79 Å². The Hall–Kier alpha value is -2.30. The van der Waals surface area contributed by atoms with Gasteiger partial charge in [0.1, 0.15) is 0 Å². The van der Waals surface area contributed by atoms with Gasteiger partial charge in [0.25, 0.3) is 5.91 Å². The summed E-state index contributed by atoms with van der Waals surface area (Å²) in [6.45, 7) is 4.31. The van der Waals surface area contributed by atoms with E-state index in [1.165, 1.54) is 22.0 Å². The minimum absolute atomic E-state index is 0. The van der Waals surface area contributed by atoms with Crippen molar-refractivity contribution in [2.24, 2.45) is 5.73 Å². The van der Waals surface area contributed by atoms with Gasteiger partial charge in [0.15, 0.2) is 0 Å². The molecule has 1 amide bonds. The van der Waals surface area contributed by atoms with Gasteiger partial charge in [0, 0.05) is 42.3 Å². The van der Waals surface area contributed by atoms with Crippen molar-refractivity contribution in [2.75, 3.05) is 13.1 Å². The quantitative estimate of drug-likeness (QED) is 0.674. The second kappa shape index (κ2) is 8.80. The number of hydrogen-bond donors (Lipinski definition) is 2. The summed E-state index contributed by atoms with van der Waals surface area (Å²) in [6, 6.07) is 14.2. The van der Waals surface area contributed by atoms with Gasteiger partial charge in [-0.25, -0.2) is 0 Å². The second-order valence-corrected chi connectivity index (χ2v) is 7.40. The molecule has 4 nitrogen and oxygen atoms in total. The van der Waals surface area contributed by atoms with Crippen molar-refractivity contribution >= 4 is 29.2 Å². The molecule has 0 radical (unpaired) electrons. The lowest BCUT2D eigenvalue weighted by Crippen LogP contribution is -2.37. The first kappa shape index (κ1) is 20.4. The molecule has 5 heteroatoms. The van der Waals surface area contributed by atoms with Crippen LogP contribution in [-0.2, 0) is 13.0 Å². The topological polar surface area (TPSA) is 62.1 Å². The Morgan fingerprint density at radius 2 is 1.86 bits per heavy atom. The SMILES string of the molecule is CCc1cccc2c(C3CCN(C(=O)c4ccc(CN)cc4)CC3)c[nH]c12.Cl. The molecule has 28 heavy (non-hydrogen) atoms.